The second kappa shape index (κ2) is 4.09. The molecule has 0 radical (unpaired) electrons. The Bertz CT molecular complexity index is 461. The first-order valence-corrected chi connectivity index (χ1v) is 4.31. The molecule has 0 aliphatic heterocycles. The summed E-state index contributed by atoms with van der Waals surface area (Å²) in [5, 5.41) is 8.65. The zero-order chi connectivity index (χ0) is 11.6. The summed E-state index contributed by atoms with van der Waals surface area (Å²) >= 11 is 0. The van der Waals surface area contributed by atoms with Gasteiger partial charge in [-0.25, -0.2) is 9.18 Å². The van der Waals surface area contributed by atoms with E-state index in [9.17, 15) is 9.18 Å². The first kappa shape index (κ1) is 11.2. The molecule has 78 valence electrons. The number of carbonyl (C=O) groups excluding carboxylic acids is 1. The summed E-state index contributed by atoms with van der Waals surface area (Å²) in [5.41, 5.74) is 0.822. The highest BCUT2D eigenvalue weighted by Crippen LogP contribution is 2.21. The van der Waals surface area contributed by atoms with E-state index in [4.69, 9.17) is 5.26 Å². The van der Waals surface area contributed by atoms with Crippen LogP contribution in [0.25, 0.3) is 0 Å². The predicted octanol–water partition coefficient (Wildman–Crippen LogP) is 2.10. The molecule has 0 aliphatic carbocycles. The highest BCUT2D eigenvalue weighted by molar-refractivity contribution is 5.92. The summed E-state index contributed by atoms with van der Waals surface area (Å²) in [7, 11) is 1.23. The summed E-state index contributed by atoms with van der Waals surface area (Å²) in [6.07, 6.45) is 0. The molecule has 0 aliphatic rings. The number of aryl methyl sites for hydroxylation is 1. The standard InChI is InChI=1S/C11H10FNO2/c1-6-4-8(5-13)10(12)7(2)9(6)11(14)15-3/h4H,1-3H3. The lowest BCUT2D eigenvalue weighted by Gasteiger charge is -2.09. The summed E-state index contributed by atoms with van der Waals surface area (Å²) in [6.45, 7) is 3.09. The van der Waals surface area contributed by atoms with Gasteiger partial charge in [0.25, 0.3) is 0 Å². The number of esters is 1. The Morgan fingerprint density at radius 2 is 2.13 bits per heavy atom. The van der Waals surface area contributed by atoms with Crippen molar-refractivity contribution in [1.29, 1.82) is 5.26 Å². The Kier molecular flexibility index (Phi) is 3.05. The van der Waals surface area contributed by atoms with Gasteiger partial charge in [0.05, 0.1) is 18.2 Å². The van der Waals surface area contributed by atoms with Crippen molar-refractivity contribution in [2.24, 2.45) is 0 Å². The fourth-order valence-electron chi connectivity index (χ4n) is 1.46. The zero-order valence-electron chi connectivity index (χ0n) is 8.72. The first-order chi connectivity index (χ1) is 7.02. The topological polar surface area (TPSA) is 50.1 Å². The van der Waals surface area contributed by atoms with E-state index in [0.29, 0.717) is 5.56 Å². The molecule has 1 aromatic carbocycles. The molecule has 0 bridgehead atoms. The Morgan fingerprint density at radius 3 is 2.60 bits per heavy atom. The molecule has 0 atom stereocenters. The first-order valence-electron chi connectivity index (χ1n) is 4.31. The van der Waals surface area contributed by atoms with Crippen molar-refractivity contribution in [3.63, 3.8) is 0 Å². The number of carbonyl (C=O) groups is 1. The number of hydrogen-bond acceptors (Lipinski definition) is 3. The Labute approximate surface area is 87.1 Å². The summed E-state index contributed by atoms with van der Waals surface area (Å²) in [5.74, 6) is -1.25. The van der Waals surface area contributed by atoms with Gasteiger partial charge in [-0.15, -0.1) is 0 Å². The van der Waals surface area contributed by atoms with Gasteiger partial charge >= 0.3 is 5.97 Å². The van der Waals surface area contributed by atoms with Crippen LogP contribution in [0.1, 0.15) is 27.0 Å². The van der Waals surface area contributed by atoms with Crippen molar-refractivity contribution in [3.05, 3.63) is 34.1 Å². The van der Waals surface area contributed by atoms with E-state index in [0.717, 1.165) is 0 Å². The third kappa shape index (κ3) is 1.82. The minimum atomic E-state index is -0.663. The van der Waals surface area contributed by atoms with Crippen molar-refractivity contribution >= 4 is 5.97 Å². The summed E-state index contributed by atoms with van der Waals surface area (Å²) in [6, 6.07) is 3.08. The van der Waals surface area contributed by atoms with Gasteiger partial charge in [-0.1, -0.05) is 0 Å². The molecule has 1 aromatic rings. The fraction of sp³-hybridized carbons (Fsp3) is 0.273. The quantitative estimate of drug-likeness (QED) is 0.662. The molecule has 0 saturated heterocycles. The van der Waals surface area contributed by atoms with E-state index in [-0.39, 0.29) is 16.7 Å². The van der Waals surface area contributed by atoms with E-state index in [1.165, 1.54) is 20.1 Å². The molecule has 15 heavy (non-hydrogen) atoms. The molecule has 0 unspecified atom stereocenters. The average Bonchev–Trinajstić information content (AvgIpc) is 2.23. The van der Waals surface area contributed by atoms with Gasteiger partial charge in [-0.3, -0.25) is 0 Å². The minimum absolute atomic E-state index is 0.0577. The molecule has 0 heterocycles. The third-order valence-corrected chi connectivity index (χ3v) is 2.21. The number of rotatable bonds is 1. The maximum absolute atomic E-state index is 13.5. The van der Waals surface area contributed by atoms with Gasteiger partial charge < -0.3 is 4.74 Å². The van der Waals surface area contributed by atoms with Crippen molar-refractivity contribution in [2.45, 2.75) is 13.8 Å². The lowest BCUT2D eigenvalue weighted by Crippen LogP contribution is -2.09. The van der Waals surface area contributed by atoms with Crippen molar-refractivity contribution in [2.75, 3.05) is 7.11 Å². The average molecular weight is 207 g/mol. The van der Waals surface area contributed by atoms with Gasteiger partial charge in [0.2, 0.25) is 0 Å². The lowest BCUT2D eigenvalue weighted by molar-refractivity contribution is 0.0598. The number of methoxy groups -OCH3 is 1. The highest BCUT2D eigenvalue weighted by Gasteiger charge is 2.18. The molecule has 0 aromatic heterocycles. The van der Waals surface area contributed by atoms with Crippen LogP contribution < -0.4 is 0 Å². The summed E-state index contributed by atoms with van der Waals surface area (Å²) in [4.78, 5) is 11.3. The van der Waals surface area contributed by atoms with Gasteiger partial charge in [-0.2, -0.15) is 5.26 Å². The Hall–Kier alpha value is -1.89. The van der Waals surface area contributed by atoms with Crippen LogP contribution in [-0.2, 0) is 4.74 Å². The van der Waals surface area contributed by atoms with Crippen LogP contribution >= 0.6 is 0 Å². The van der Waals surface area contributed by atoms with Gasteiger partial charge in [0.1, 0.15) is 11.9 Å². The van der Waals surface area contributed by atoms with Crippen LogP contribution in [0.4, 0.5) is 4.39 Å². The minimum Gasteiger partial charge on any atom is -0.465 e. The van der Waals surface area contributed by atoms with E-state index >= 15 is 0 Å². The number of ether oxygens (including phenoxy) is 1. The van der Waals surface area contributed by atoms with Crippen LogP contribution in [0.3, 0.4) is 0 Å². The maximum atomic E-state index is 13.5. The molecule has 3 nitrogen and oxygen atoms in total. The van der Waals surface area contributed by atoms with E-state index in [1.807, 2.05) is 0 Å². The molecule has 0 saturated carbocycles. The third-order valence-electron chi connectivity index (χ3n) is 2.21. The molecule has 4 heteroatoms. The largest absolute Gasteiger partial charge is 0.465 e. The van der Waals surface area contributed by atoms with Crippen molar-refractivity contribution in [3.8, 4) is 6.07 Å². The monoisotopic (exact) mass is 207 g/mol. The molecular formula is C11H10FNO2. The number of hydrogen-bond donors (Lipinski definition) is 0. The SMILES string of the molecule is COC(=O)c1c(C)cc(C#N)c(F)c1C. The molecule has 0 N–H and O–H groups in total. The number of nitriles is 1. The van der Waals surface area contributed by atoms with E-state index < -0.39 is 11.8 Å². The van der Waals surface area contributed by atoms with Crippen molar-refractivity contribution < 1.29 is 13.9 Å². The van der Waals surface area contributed by atoms with Gasteiger partial charge in [0.15, 0.2) is 0 Å². The number of halogens is 1. The van der Waals surface area contributed by atoms with Crippen LogP contribution in [0, 0.1) is 31.0 Å². The predicted molar refractivity (Wildman–Crippen MR) is 51.9 cm³/mol. The van der Waals surface area contributed by atoms with E-state index in [2.05, 4.69) is 4.74 Å². The Morgan fingerprint density at radius 1 is 1.53 bits per heavy atom. The smallest absolute Gasteiger partial charge is 0.338 e. The zero-order valence-corrected chi connectivity index (χ0v) is 8.72. The maximum Gasteiger partial charge on any atom is 0.338 e. The lowest BCUT2D eigenvalue weighted by atomic mass is 9.99. The van der Waals surface area contributed by atoms with Gasteiger partial charge in [-0.05, 0) is 25.5 Å². The molecule has 0 spiro atoms. The second-order valence-electron chi connectivity index (χ2n) is 3.16. The van der Waals surface area contributed by atoms with Crippen LogP contribution in [0.15, 0.2) is 6.07 Å². The number of benzene rings is 1. The van der Waals surface area contributed by atoms with Crippen LogP contribution in [0.2, 0.25) is 0 Å². The summed E-state index contributed by atoms with van der Waals surface area (Å²) < 4.78 is 18.0. The van der Waals surface area contributed by atoms with E-state index in [1.54, 1.807) is 13.0 Å². The molecule has 0 amide bonds. The Balaban J connectivity index is 3.51. The van der Waals surface area contributed by atoms with Gasteiger partial charge in [0, 0.05) is 5.56 Å². The molecular weight excluding hydrogens is 197 g/mol. The molecule has 0 fully saturated rings. The van der Waals surface area contributed by atoms with Crippen LogP contribution in [-0.4, -0.2) is 13.1 Å². The normalized spacial score (nSPS) is 9.53. The highest BCUT2D eigenvalue weighted by atomic mass is 19.1. The van der Waals surface area contributed by atoms with Crippen molar-refractivity contribution in [1.82, 2.24) is 0 Å². The van der Waals surface area contributed by atoms with Crippen LogP contribution in [0.5, 0.6) is 0 Å². The fourth-order valence-corrected chi connectivity index (χ4v) is 1.46. The second-order valence-corrected chi connectivity index (χ2v) is 3.16. The number of nitrogens with zero attached hydrogens (tertiary/aromatic N) is 1. The molecule has 1 rings (SSSR count).